The Labute approximate surface area is 210 Å². The summed E-state index contributed by atoms with van der Waals surface area (Å²) in [5.41, 5.74) is 3.35. The van der Waals surface area contributed by atoms with Crippen LogP contribution in [-0.2, 0) is 20.2 Å². The van der Waals surface area contributed by atoms with E-state index in [1.54, 1.807) is 44.2 Å². The van der Waals surface area contributed by atoms with Gasteiger partial charge < -0.3 is 18.9 Å². The van der Waals surface area contributed by atoms with Crippen molar-refractivity contribution in [2.24, 2.45) is 0 Å². The monoisotopic (exact) mass is 507 g/mol. The van der Waals surface area contributed by atoms with Gasteiger partial charge in [0.2, 0.25) is 0 Å². The molecule has 0 aliphatic rings. The molecule has 4 rings (SSSR count). The molecule has 1 N–H and O–H groups in total. The number of nitro groups is 1. The second-order valence-corrected chi connectivity index (χ2v) is 10.3. The lowest BCUT2D eigenvalue weighted by atomic mass is 10.1. The molecule has 0 bridgehead atoms. The smallest absolute Gasteiger partial charge is 0.356 e. The van der Waals surface area contributed by atoms with Gasteiger partial charge in [-0.1, -0.05) is 30.3 Å². The van der Waals surface area contributed by atoms with Crippen LogP contribution < -0.4 is 5.32 Å². The number of aryl methyl sites for hydroxylation is 1. The average molecular weight is 508 g/mol. The summed E-state index contributed by atoms with van der Waals surface area (Å²) in [7, 11) is -3.65. The highest BCUT2D eigenvalue weighted by atomic mass is 31.2. The van der Waals surface area contributed by atoms with Crippen LogP contribution in [0.25, 0.3) is 27.9 Å². The Hall–Kier alpha value is -3.45. The summed E-state index contributed by atoms with van der Waals surface area (Å²) in [6, 6.07) is 20.6. The molecule has 0 spiro atoms. The highest BCUT2D eigenvalue weighted by molar-refractivity contribution is 7.55. The molecule has 0 aliphatic heterocycles. The molecule has 8 nitrogen and oxygen atoms in total. The molecule has 0 radical (unpaired) electrons. The maximum Gasteiger partial charge on any atom is 0.356 e. The standard InChI is InChI=1S/C27H30N3O5P/c1-4-29-25-14-10-8-12-22(25)23-19-21(16-17-26(23)29)28-27(36(33,34-5-2)35-6-3)18-15-20-11-7-9-13-24(20)30(31)32/h7-19,27-28H,4-6H2,1-3H3/b18-15+. The molecule has 9 heteroatoms. The van der Waals surface area contributed by atoms with Crippen molar-refractivity contribution in [3.05, 3.63) is 88.5 Å². The molecule has 1 atom stereocenters. The van der Waals surface area contributed by atoms with Crippen LogP contribution in [0.15, 0.2) is 72.8 Å². The van der Waals surface area contributed by atoms with Crippen molar-refractivity contribution in [2.45, 2.75) is 33.1 Å². The molecule has 36 heavy (non-hydrogen) atoms. The zero-order valence-electron chi connectivity index (χ0n) is 20.6. The van der Waals surface area contributed by atoms with E-state index in [0.717, 1.165) is 34.0 Å². The van der Waals surface area contributed by atoms with Crippen LogP contribution in [-0.4, -0.2) is 28.5 Å². The predicted molar refractivity (Wildman–Crippen MR) is 146 cm³/mol. The molecular weight excluding hydrogens is 477 g/mol. The summed E-state index contributed by atoms with van der Waals surface area (Å²) in [4.78, 5) is 11.0. The van der Waals surface area contributed by atoms with Crippen molar-refractivity contribution in [1.82, 2.24) is 4.57 Å². The quantitative estimate of drug-likeness (QED) is 0.129. The van der Waals surface area contributed by atoms with Crippen molar-refractivity contribution < 1.29 is 18.5 Å². The molecule has 0 saturated heterocycles. The molecule has 4 aromatic rings. The number of hydrogen-bond donors (Lipinski definition) is 1. The third-order valence-electron chi connectivity index (χ3n) is 5.95. The Bertz CT molecular complexity index is 1450. The lowest BCUT2D eigenvalue weighted by Crippen LogP contribution is -2.20. The van der Waals surface area contributed by atoms with Gasteiger partial charge in [0.15, 0.2) is 0 Å². The molecule has 3 aromatic carbocycles. The van der Waals surface area contributed by atoms with E-state index >= 15 is 0 Å². The number of fused-ring (bicyclic) bond motifs is 3. The predicted octanol–water partition coefficient (Wildman–Crippen LogP) is 7.44. The molecule has 0 fully saturated rings. The summed E-state index contributed by atoms with van der Waals surface area (Å²) in [6.07, 6.45) is 3.20. The first-order valence-corrected chi connectivity index (χ1v) is 13.6. The van der Waals surface area contributed by atoms with Crippen LogP contribution in [0, 0.1) is 10.1 Å². The van der Waals surface area contributed by atoms with E-state index in [-0.39, 0.29) is 18.9 Å². The first-order chi connectivity index (χ1) is 17.4. The van der Waals surface area contributed by atoms with Gasteiger partial charge in [-0.05, 0) is 63.3 Å². The fourth-order valence-corrected chi connectivity index (χ4v) is 6.15. The third kappa shape index (κ3) is 5.07. The second kappa shape index (κ2) is 11.1. The summed E-state index contributed by atoms with van der Waals surface area (Å²) >= 11 is 0. The number of aromatic nitrogens is 1. The van der Waals surface area contributed by atoms with Gasteiger partial charge in [-0.15, -0.1) is 0 Å². The van der Waals surface area contributed by atoms with Gasteiger partial charge in [0, 0.05) is 40.1 Å². The Morgan fingerprint density at radius 3 is 2.33 bits per heavy atom. The van der Waals surface area contributed by atoms with Gasteiger partial charge in [-0.25, -0.2) is 0 Å². The fraction of sp³-hybridized carbons (Fsp3) is 0.259. The third-order valence-corrected chi connectivity index (χ3v) is 8.17. The molecule has 0 aliphatic carbocycles. The van der Waals surface area contributed by atoms with E-state index in [2.05, 4.69) is 28.9 Å². The number of nitrogens with zero attached hydrogens (tertiary/aromatic N) is 2. The van der Waals surface area contributed by atoms with Gasteiger partial charge in [-0.3, -0.25) is 14.7 Å². The van der Waals surface area contributed by atoms with Crippen molar-refractivity contribution in [3.8, 4) is 0 Å². The topological polar surface area (TPSA) is 95.6 Å². The Morgan fingerprint density at radius 1 is 0.972 bits per heavy atom. The zero-order valence-corrected chi connectivity index (χ0v) is 21.5. The van der Waals surface area contributed by atoms with Crippen molar-refractivity contribution >= 4 is 46.9 Å². The number of hydrogen-bond acceptors (Lipinski definition) is 6. The van der Waals surface area contributed by atoms with E-state index in [1.807, 2.05) is 30.3 Å². The Morgan fingerprint density at radius 2 is 1.64 bits per heavy atom. The fourth-order valence-electron chi connectivity index (χ4n) is 4.43. The van der Waals surface area contributed by atoms with E-state index < -0.39 is 18.3 Å². The molecule has 1 heterocycles. The summed E-state index contributed by atoms with van der Waals surface area (Å²) in [5.74, 6) is -0.866. The largest absolute Gasteiger partial charge is 0.368 e. The Balaban J connectivity index is 1.78. The van der Waals surface area contributed by atoms with E-state index in [0.29, 0.717) is 5.56 Å². The Kier molecular flexibility index (Phi) is 7.89. The zero-order chi connectivity index (χ0) is 25.7. The van der Waals surface area contributed by atoms with E-state index in [4.69, 9.17) is 9.05 Å². The summed E-state index contributed by atoms with van der Waals surface area (Å²) in [6.45, 7) is 6.83. The number of para-hydroxylation sites is 2. The van der Waals surface area contributed by atoms with Crippen LogP contribution in [0.1, 0.15) is 26.3 Å². The van der Waals surface area contributed by atoms with Crippen LogP contribution >= 0.6 is 7.60 Å². The van der Waals surface area contributed by atoms with Crippen LogP contribution in [0.4, 0.5) is 11.4 Å². The van der Waals surface area contributed by atoms with Gasteiger partial charge in [-0.2, -0.15) is 0 Å². The maximum atomic E-state index is 13.8. The lowest BCUT2D eigenvalue weighted by Gasteiger charge is -2.25. The second-order valence-electron chi connectivity index (χ2n) is 8.13. The van der Waals surface area contributed by atoms with Gasteiger partial charge in [0.25, 0.3) is 5.69 Å². The highest BCUT2D eigenvalue weighted by Gasteiger charge is 2.34. The number of nitrogens with one attached hydrogen (secondary N) is 1. The number of nitro benzene ring substituents is 1. The van der Waals surface area contributed by atoms with Crippen LogP contribution in [0.2, 0.25) is 0 Å². The van der Waals surface area contributed by atoms with Crippen molar-refractivity contribution in [2.75, 3.05) is 18.5 Å². The minimum atomic E-state index is -3.65. The highest BCUT2D eigenvalue weighted by Crippen LogP contribution is 2.54. The first-order valence-electron chi connectivity index (χ1n) is 12.0. The van der Waals surface area contributed by atoms with Crippen LogP contribution in [0.5, 0.6) is 0 Å². The molecule has 0 amide bonds. The number of rotatable bonds is 11. The first kappa shape index (κ1) is 25.6. The maximum absolute atomic E-state index is 13.8. The normalized spacial score (nSPS) is 13.0. The molecule has 1 unspecified atom stereocenters. The van der Waals surface area contributed by atoms with Crippen molar-refractivity contribution in [1.29, 1.82) is 0 Å². The molecule has 1 aromatic heterocycles. The molecule has 0 saturated carbocycles. The van der Waals surface area contributed by atoms with Crippen LogP contribution in [0.3, 0.4) is 0 Å². The van der Waals surface area contributed by atoms with Gasteiger partial charge in [0.1, 0.15) is 5.78 Å². The SMILES string of the molecule is CCOP(=O)(OCC)C(/C=C/c1ccccc1[N+](=O)[O-])Nc1ccc2c(c1)c1ccccc1n2CC. The van der Waals surface area contributed by atoms with E-state index in [9.17, 15) is 14.7 Å². The lowest BCUT2D eigenvalue weighted by molar-refractivity contribution is -0.385. The van der Waals surface area contributed by atoms with Gasteiger partial charge >= 0.3 is 7.60 Å². The van der Waals surface area contributed by atoms with Crippen molar-refractivity contribution in [3.63, 3.8) is 0 Å². The number of anilines is 1. The minimum absolute atomic E-state index is 0.0380. The molecule has 188 valence electrons. The average Bonchev–Trinajstić information content (AvgIpc) is 3.19. The molecular formula is C27H30N3O5P. The summed E-state index contributed by atoms with van der Waals surface area (Å²) < 4.78 is 27.3. The number of benzene rings is 3. The summed E-state index contributed by atoms with van der Waals surface area (Å²) in [5, 5.41) is 17.0. The minimum Gasteiger partial charge on any atom is -0.368 e. The van der Waals surface area contributed by atoms with Gasteiger partial charge in [0.05, 0.1) is 23.7 Å². The van der Waals surface area contributed by atoms with E-state index in [1.165, 1.54) is 6.07 Å².